The molecule has 24 heavy (non-hydrogen) atoms. The molecule has 0 aliphatic carbocycles. The molecule has 2 aliphatic heterocycles. The van der Waals surface area contributed by atoms with Gasteiger partial charge >= 0.3 is 0 Å². The van der Waals surface area contributed by atoms with Gasteiger partial charge in [0.2, 0.25) is 10.0 Å². The van der Waals surface area contributed by atoms with Crippen LogP contribution in [0.5, 0.6) is 0 Å². The van der Waals surface area contributed by atoms with E-state index in [-0.39, 0.29) is 30.8 Å². The number of hydrogen-bond donors (Lipinski definition) is 0. The Kier molecular flexibility index (Phi) is 5.92. The standard InChI is InChI=1S/C16H24N2O5S/c1-3-5-12-10-18(24(2,22)23)16-14(21)11-17(15(12)16)13(7-9-20)6-4-8-19/h8-10,13,15-16H,3-7,11H2,1-2H3/t13?,15-,16-/m1/s1. The molecule has 2 rings (SSSR count). The molecule has 1 unspecified atom stereocenters. The summed E-state index contributed by atoms with van der Waals surface area (Å²) in [6, 6.07) is -1.30. The first-order valence-electron chi connectivity index (χ1n) is 8.20. The molecule has 1 saturated heterocycles. The van der Waals surface area contributed by atoms with E-state index in [0.29, 0.717) is 19.3 Å². The Morgan fingerprint density at radius 1 is 1.29 bits per heavy atom. The number of sulfonamides is 1. The van der Waals surface area contributed by atoms with Crippen molar-refractivity contribution in [2.75, 3.05) is 12.8 Å². The molecule has 134 valence electrons. The molecule has 1 fully saturated rings. The average Bonchev–Trinajstić information content (AvgIpc) is 3.03. The maximum atomic E-state index is 12.5. The molecule has 0 aromatic heterocycles. The molecule has 0 radical (unpaired) electrons. The number of hydrogen-bond acceptors (Lipinski definition) is 6. The van der Waals surface area contributed by atoms with Gasteiger partial charge in [-0.15, -0.1) is 0 Å². The summed E-state index contributed by atoms with van der Waals surface area (Å²) in [7, 11) is -3.54. The number of likely N-dealkylation sites (tertiary alicyclic amines) is 1. The summed E-state index contributed by atoms with van der Waals surface area (Å²) < 4.78 is 25.3. The number of nitrogens with zero attached hydrogens (tertiary/aromatic N) is 2. The Labute approximate surface area is 142 Å². The SMILES string of the molecule is CCCC1=CN(S(C)(=O)=O)[C@@H]2C(=O)CN(C(CC=O)CCC=O)[C@H]12. The predicted molar refractivity (Wildman–Crippen MR) is 88.7 cm³/mol. The van der Waals surface area contributed by atoms with Crippen molar-refractivity contribution < 1.29 is 22.8 Å². The molecule has 0 aromatic rings. The van der Waals surface area contributed by atoms with E-state index in [4.69, 9.17) is 0 Å². The second kappa shape index (κ2) is 7.57. The highest BCUT2D eigenvalue weighted by molar-refractivity contribution is 7.88. The fourth-order valence-electron chi connectivity index (χ4n) is 3.70. The van der Waals surface area contributed by atoms with E-state index >= 15 is 0 Å². The van der Waals surface area contributed by atoms with Crippen LogP contribution in [0.2, 0.25) is 0 Å². The Morgan fingerprint density at radius 2 is 2.00 bits per heavy atom. The molecule has 7 nitrogen and oxygen atoms in total. The summed E-state index contributed by atoms with van der Waals surface area (Å²) in [4.78, 5) is 36.1. The van der Waals surface area contributed by atoms with Gasteiger partial charge in [-0.3, -0.25) is 14.0 Å². The van der Waals surface area contributed by atoms with Crippen LogP contribution in [0.4, 0.5) is 0 Å². The summed E-state index contributed by atoms with van der Waals surface area (Å²) in [5, 5.41) is 0. The zero-order valence-corrected chi connectivity index (χ0v) is 14.9. The Hall–Kier alpha value is -1.54. The first-order chi connectivity index (χ1) is 11.3. The predicted octanol–water partition coefficient (Wildman–Crippen LogP) is 0.504. The maximum absolute atomic E-state index is 12.5. The van der Waals surface area contributed by atoms with Crippen molar-refractivity contribution in [1.82, 2.24) is 9.21 Å². The molecule has 3 atom stereocenters. The van der Waals surface area contributed by atoms with Crippen molar-refractivity contribution in [2.24, 2.45) is 0 Å². The monoisotopic (exact) mass is 356 g/mol. The zero-order valence-electron chi connectivity index (χ0n) is 14.1. The third kappa shape index (κ3) is 3.59. The molecule has 0 spiro atoms. The number of ketones is 1. The fourth-order valence-corrected chi connectivity index (χ4v) is 4.67. The van der Waals surface area contributed by atoms with Gasteiger partial charge in [0.25, 0.3) is 0 Å². The molecule has 0 aromatic carbocycles. The number of rotatable bonds is 9. The lowest BCUT2D eigenvalue weighted by Gasteiger charge is -2.32. The minimum absolute atomic E-state index is 0.111. The van der Waals surface area contributed by atoms with Gasteiger partial charge < -0.3 is 9.59 Å². The summed E-state index contributed by atoms with van der Waals surface area (Å²) in [5.74, 6) is -0.158. The molecule has 0 N–H and O–H groups in total. The Balaban J connectivity index is 2.36. The Bertz CT molecular complexity index is 643. The highest BCUT2D eigenvalue weighted by atomic mass is 32.2. The van der Waals surface area contributed by atoms with Crippen LogP contribution in [0.25, 0.3) is 0 Å². The fraction of sp³-hybridized carbons (Fsp3) is 0.688. The topological polar surface area (TPSA) is 91.8 Å². The normalized spacial score (nSPS) is 25.5. The van der Waals surface area contributed by atoms with Gasteiger partial charge in [0, 0.05) is 25.1 Å². The molecular formula is C16H24N2O5S. The zero-order chi connectivity index (χ0) is 17.9. The molecule has 0 saturated carbocycles. The van der Waals surface area contributed by atoms with Gasteiger partial charge in [-0.1, -0.05) is 13.3 Å². The number of Topliss-reactive ketones (excluding diaryl/α,β-unsaturated/α-hetero) is 1. The van der Waals surface area contributed by atoms with Crippen LogP contribution in [0, 0.1) is 0 Å². The van der Waals surface area contributed by atoms with Crippen LogP contribution < -0.4 is 0 Å². The lowest BCUT2D eigenvalue weighted by Crippen LogP contribution is -2.45. The van der Waals surface area contributed by atoms with Crippen molar-refractivity contribution in [3.05, 3.63) is 11.8 Å². The lowest BCUT2D eigenvalue weighted by molar-refractivity contribution is -0.119. The van der Waals surface area contributed by atoms with Gasteiger partial charge in [0.15, 0.2) is 5.78 Å². The average molecular weight is 356 g/mol. The first kappa shape index (κ1) is 18.8. The largest absolute Gasteiger partial charge is 0.303 e. The van der Waals surface area contributed by atoms with Crippen molar-refractivity contribution in [2.45, 2.75) is 57.2 Å². The summed E-state index contributed by atoms with van der Waals surface area (Å²) >= 11 is 0. The molecular weight excluding hydrogens is 332 g/mol. The molecule has 8 heteroatoms. The summed E-state index contributed by atoms with van der Waals surface area (Å²) in [5.41, 5.74) is 0.903. The summed E-state index contributed by atoms with van der Waals surface area (Å²) in [6.45, 7) is 2.11. The van der Waals surface area contributed by atoms with Gasteiger partial charge in [0.1, 0.15) is 18.6 Å². The van der Waals surface area contributed by atoms with Crippen LogP contribution in [-0.2, 0) is 24.4 Å². The van der Waals surface area contributed by atoms with Gasteiger partial charge in [-0.2, -0.15) is 0 Å². The molecule has 2 aliphatic rings. The van der Waals surface area contributed by atoms with E-state index in [0.717, 1.165) is 30.8 Å². The van der Waals surface area contributed by atoms with E-state index in [2.05, 4.69) is 0 Å². The minimum atomic E-state index is -3.54. The second-order valence-corrected chi connectivity index (χ2v) is 8.26. The highest BCUT2D eigenvalue weighted by Crippen LogP contribution is 2.38. The van der Waals surface area contributed by atoms with E-state index in [9.17, 15) is 22.8 Å². The van der Waals surface area contributed by atoms with Gasteiger partial charge in [-0.05, 0) is 18.4 Å². The van der Waals surface area contributed by atoms with E-state index in [1.807, 2.05) is 11.8 Å². The molecule has 0 amide bonds. The maximum Gasteiger partial charge on any atom is 0.232 e. The first-order valence-corrected chi connectivity index (χ1v) is 10.0. The van der Waals surface area contributed by atoms with Crippen molar-refractivity contribution in [3.8, 4) is 0 Å². The number of carbonyl (C=O) groups excluding carboxylic acids is 3. The van der Waals surface area contributed by atoms with E-state index in [1.165, 1.54) is 4.31 Å². The molecule has 2 heterocycles. The van der Waals surface area contributed by atoms with Crippen LogP contribution in [-0.4, -0.2) is 66.9 Å². The second-order valence-electron chi connectivity index (χ2n) is 6.38. The van der Waals surface area contributed by atoms with Gasteiger partial charge in [-0.25, -0.2) is 8.42 Å². The number of aldehydes is 2. The van der Waals surface area contributed by atoms with Crippen molar-refractivity contribution in [3.63, 3.8) is 0 Å². The van der Waals surface area contributed by atoms with E-state index < -0.39 is 16.1 Å². The highest BCUT2D eigenvalue weighted by Gasteiger charge is 2.52. The lowest BCUT2D eigenvalue weighted by atomic mass is 9.98. The van der Waals surface area contributed by atoms with Crippen LogP contribution in [0.1, 0.15) is 39.0 Å². The van der Waals surface area contributed by atoms with Crippen molar-refractivity contribution in [1.29, 1.82) is 0 Å². The smallest absolute Gasteiger partial charge is 0.232 e. The minimum Gasteiger partial charge on any atom is -0.303 e. The van der Waals surface area contributed by atoms with E-state index in [1.54, 1.807) is 6.20 Å². The van der Waals surface area contributed by atoms with Gasteiger partial charge in [0.05, 0.1) is 18.8 Å². The number of carbonyl (C=O) groups is 3. The van der Waals surface area contributed by atoms with Crippen LogP contribution in [0.3, 0.4) is 0 Å². The summed E-state index contributed by atoms with van der Waals surface area (Å²) in [6.07, 6.45) is 6.81. The molecule has 0 bridgehead atoms. The number of fused-ring (bicyclic) bond motifs is 1. The third-order valence-electron chi connectivity index (χ3n) is 4.65. The van der Waals surface area contributed by atoms with Crippen molar-refractivity contribution >= 4 is 28.4 Å². The Morgan fingerprint density at radius 3 is 2.54 bits per heavy atom. The van der Waals surface area contributed by atoms with Crippen LogP contribution >= 0.6 is 0 Å². The third-order valence-corrected chi connectivity index (χ3v) is 5.75. The van der Waals surface area contributed by atoms with Crippen LogP contribution in [0.15, 0.2) is 11.8 Å². The quantitative estimate of drug-likeness (QED) is 0.559.